The molecule has 1 atom stereocenters. The highest BCUT2D eigenvalue weighted by Gasteiger charge is 2.08. The van der Waals surface area contributed by atoms with Crippen molar-refractivity contribution in [2.45, 2.75) is 39.2 Å². The molecule has 0 saturated carbocycles. The van der Waals surface area contributed by atoms with Crippen molar-refractivity contribution in [3.8, 4) is 0 Å². The molecule has 2 heteroatoms. The van der Waals surface area contributed by atoms with Gasteiger partial charge >= 0.3 is 0 Å². The predicted octanol–water partition coefficient (Wildman–Crippen LogP) is 2.81. The highest BCUT2D eigenvalue weighted by atomic mass is 16.3. The molecule has 0 spiro atoms. The van der Waals surface area contributed by atoms with Gasteiger partial charge in [0.2, 0.25) is 0 Å². The molecule has 0 radical (unpaired) electrons. The number of unbranched alkanes of at least 4 members (excludes halogenated alkanes) is 2. The SMILES string of the molecule is CCCCCNCC(O)c1ccccc1C. The van der Waals surface area contributed by atoms with Gasteiger partial charge in [-0.05, 0) is 31.0 Å². The second kappa shape index (κ2) is 7.42. The van der Waals surface area contributed by atoms with Crippen LogP contribution in [0.25, 0.3) is 0 Å². The van der Waals surface area contributed by atoms with Crippen LogP contribution in [0, 0.1) is 6.92 Å². The number of aryl methyl sites for hydroxylation is 1. The molecule has 0 aliphatic rings. The van der Waals surface area contributed by atoms with Crippen molar-refractivity contribution in [1.82, 2.24) is 5.32 Å². The minimum Gasteiger partial charge on any atom is -0.387 e. The highest BCUT2D eigenvalue weighted by molar-refractivity contribution is 5.27. The molecule has 16 heavy (non-hydrogen) atoms. The fourth-order valence-corrected chi connectivity index (χ4v) is 1.81. The van der Waals surface area contributed by atoms with Crippen molar-refractivity contribution in [1.29, 1.82) is 0 Å². The molecular weight excluding hydrogens is 198 g/mol. The zero-order chi connectivity index (χ0) is 11.8. The first-order valence-corrected chi connectivity index (χ1v) is 6.20. The molecule has 0 bridgehead atoms. The maximum atomic E-state index is 10.00. The normalized spacial score (nSPS) is 12.7. The van der Waals surface area contributed by atoms with E-state index < -0.39 is 0 Å². The summed E-state index contributed by atoms with van der Waals surface area (Å²) in [5.41, 5.74) is 2.19. The van der Waals surface area contributed by atoms with E-state index in [0.717, 1.165) is 17.7 Å². The average Bonchev–Trinajstić information content (AvgIpc) is 2.29. The maximum Gasteiger partial charge on any atom is 0.0916 e. The van der Waals surface area contributed by atoms with Gasteiger partial charge in [-0.2, -0.15) is 0 Å². The van der Waals surface area contributed by atoms with Gasteiger partial charge in [0.25, 0.3) is 0 Å². The summed E-state index contributed by atoms with van der Waals surface area (Å²) in [5.74, 6) is 0. The molecule has 1 aromatic rings. The Balaban J connectivity index is 2.30. The number of rotatable bonds is 7. The van der Waals surface area contributed by atoms with Crippen molar-refractivity contribution in [2.24, 2.45) is 0 Å². The van der Waals surface area contributed by atoms with Gasteiger partial charge < -0.3 is 10.4 Å². The second-order valence-corrected chi connectivity index (χ2v) is 4.28. The molecule has 2 nitrogen and oxygen atoms in total. The third kappa shape index (κ3) is 4.33. The lowest BCUT2D eigenvalue weighted by Gasteiger charge is -2.14. The number of aliphatic hydroxyl groups is 1. The Hall–Kier alpha value is -0.860. The summed E-state index contributed by atoms with van der Waals surface area (Å²) in [4.78, 5) is 0. The molecular formula is C14H23NO. The minimum atomic E-state index is -0.386. The molecule has 2 N–H and O–H groups in total. The lowest BCUT2D eigenvalue weighted by Crippen LogP contribution is -2.22. The van der Waals surface area contributed by atoms with Crippen LogP contribution in [-0.2, 0) is 0 Å². The van der Waals surface area contributed by atoms with Crippen LogP contribution < -0.4 is 5.32 Å². The van der Waals surface area contributed by atoms with E-state index in [1.165, 1.54) is 19.3 Å². The van der Waals surface area contributed by atoms with E-state index in [2.05, 4.69) is 12.2 Å². The van der Waals surface area contributed by atoms with E-state index in [1.807, 2.05) is 31.2 Å². The zero-order valence-electron chi connectivity index (χ0n) is 10.4. The fraction of sp³-hybridized carbons (Fsp3) is 0.571. The summed E-state index contributed by atoms with van der Waals surface area (Å²) in [6.07, 6.45) is 3.30. The molecule has 0 aromatic heterocycles. The second-order valence-electron chi connectivity index (χ2n) is 4.28. The molecule has 1 unspecified atom stereocenters. The molecule has 1 rings (SSSR count). The predicted molar refractivity (Wildman–Crippen MR) is 68.5 cm³/mol. The van der Waals surface area contributed by atoms with Gasteiger partial charge in [0.15, 0.2) is 0 Å². The Bertz CT molecular complexity index is 299. The van der Waals surface area contributed by atoms with Gasteiger partial charge in [-0.25, -0.2) is 0 Å². The van der Waals surface area contributed by atoms with Crippen LogP contribution in [0.3, 0.4) is 0 Å². The van der Waals surface area contributed by atoms with Crippen molar-refractivity contribution in [2.75, 3.05) is 13.1 Å². The van der Waals surface area contributed by atoms with Crippen molar-refractivity contribution in [3.05, 3.63) is 35.4 Å². The number of benzene rings is 1. The highest BCUT2D eigenvalue weighted by Crippen LogP contribution is 2.16. The third-order valence-corrected chi connectivity index (χ3v) is 2.84. The van der Waals surface area contributed by atoms with E-state index in [1.54, 1.807) is 0 Å². The van der Waals surface area contributed by atoms with Crippen LogP contribution in [-0.4, -0.2) is 18.2 Å². The monoisotopic (exact) mass is 221 g/mol. The summed E-state index contributed by atoms with van der Waals surface area (Å²) in [6.45, 7) is 5.88. The zero-order valence-corrected chi connectivity index (χ0v) is 10.4. The van der Waals surface area contributed by atoms with Gasteiger partial charge in [-0.3, -0.25) is 0 Å². The van der Waals surface area contributed by atoms with E-state index in [0.29, 0.717) is 6.54 Å². The Morgan fingerprint density at radius 3 is 2.69 bits per heavy atom. The molecule has 0 aliphatic heterocycles. The van der Waals surface area contributed by atoms with E-state index in [-0.39, 0.29) is 6.10 Å². The van der Waals surface area contributed by atoms with E-state index in [9.17, 15) is 5.11 Å². The van der Waals surface area contributed by atoms with Gasteiger partial charge in [0, 0.05) is 6.54 Å². The quantitative estimate of drug-likeness (QED) is 0.694. The molecule has 1 aromatic carbocycles. The van der Waals surface area contributed by atoms with Crippen LogP contribution in [0.5, 0.6) is 0 Å². The van der Waals surface area contributed by atoms with Crippen molar-refractivity contribution < 1.29 is 5.11 Å². The summed E-state index contributed by atoms with van der Waals surface area (Å²) >= 11 is 0. The first kappa shape index (κ1) is 13.2. The Morgan fingerprint density at radius 1 is 1.25 bits per heavy atom. The van der Waals surface area contributed by atoms with E-state index >= 15 is 0 Å². The van der Waals surface area contributed by atoms with Crippen LogP contribution in [0.4, 0.5) is 0 Å². The van der Waals surface area contributed by atoms with Gasteiger partial charge in [0.1, 0.15) is 0 Å². The molecule has 90 valence electrons. The maximum absolute atomic E-state index is 10.00. The first-order valence-electron chi connectivity index (χ1n) is 6.20. The lowest BCUT2D eigenvalue weighted by atomic mass is 10.0. The van der Waals surface area contributed by atoms with Crippen molar-refractivity contribution >= 4 is 0 Å². The van der Waals surface area contributed by atoms with Crippen molar-refractivity contribution in [3.63, 3.8) is 0 Å². The Morgan fingerprint density at radius 2 is 2.00 bits per heavy atom. The van der Waals surface area contributed by atoms with Crippen LogP contribution in [0.15, 0.2) is 24.3 Å². The Labute approximate surface area is 98.7 Å². The number of aliphatic hydroxyl groups excluding tert-OH is 1. The lowest BCUT2D eigenvalue weighted by molar-refractivity contribution is 0.174. The summed E-state index contributed by atoms with van der Waals surface area (Å²) in [7, 11) is 0. The molecule has 0 heterocycles. The summed E-state index contributed by atoms with van der Waals surface area (Å²) < 4.78 is 0. The number of hydrogen-bond donors (Lipinski definition) is 2. The molecule has 0 saturated heterocycles. The fourth-order valence-electron chi connectivity index (χ4n) is 1.81. The van der Waals surface area contributed by atoms with Gasteiger partial charge in [-0.1, -0.05) is 44.0 Å². The summed E-state index contributed by atoms with van der Waals surface area (Å²) in [5, 5.41) is 13.3. The van der Waals surface area contributed by atoms with Crippen LogP contribution in [0.1, 0.15) is 43.4 Å². The molecule has 0 amide bonds. The molecule has 0 aliphatic carbocycles. The number of hydrogen-bond acceptors (Lipinski definition) is 2. The van der Waals surface area contributed by atoms with Gasteiger partial charge in [-0.15, -0.1) is 0 Å². The van der Waals surface area contributed by atoms with E-state index in [4.69, 9.17) is 0 Å². The number of nitrogens with one attached hydrogen (secondary N) is 1. The smallest absolute Gasteiger partial charge is 0.0916 e. The largest absolute Gasteiger partial charge is 0.387 e. The molecule has 0 fully saturated rings. The topological polar surface area (TPSA) is 32.3 Å². The van der Waals surface area contributed by atoms with Gasteiger partial charge in [0.05, 0.1) is 6.10 Å². The standard InChI is InChI=1S/C14H23NO/c1-3-4-7-10-15-11-14(16)13-9-6-5-8-12(13)2/h5-6,8-9,14-16H,3-4,7,10-11H2,1-2H3. The summed E-state index contributed by atoms with van der Waals surface area (Å²) in [6, 6.07) is 8.01. The minimum absolute atomic E-state index is 0.386. The average molecular weight is 221 g/mol. The van der Waals surface area contributed by atoms with Crippen LogP contribution in [0.2, 0.25) is 0 Å². The van der Waals surface area contributed by atoms with Crippen LogP contribution >= 0.6 is 0 Å². The third-order valence-electron chi connectivity index (χ3n) is 2.84. The first-order chi connectivity index (χ1) is 7.75. The Kier molecular flexibility index (Phi) is 6.12.